The van der Waals surface area contributed by atoms with Crippen molar-refractivity contribution >= 4 is 44.6 Å². The molecule has 3 aromatic rings. The van der Waals surface area contributed by atoms with Crippen LogP contribution in [0, 0.1) is 11.3 Å². The standard InChI is InChI=1S/C17H13ClF3N7O3S2/c1-8(13-26-15(23-2)27-28(13)16-24-7-11(6-22)32-16)25-14(29)9-3-10(18)5-12(4-9)33(30,31)17(19,20)21/h3-5,7-8H,1-2H3,(H,23,27)(H,25,29)/t8-/m0/s1. The van der Waals surface area contributed by atoms with Gasteiger partial charge in [0.05, 0.1) is 17.1 Å². The van der Waals surface area contributed by atoms with E-state index in [1.807, 2.05) is 6.07 Å². The first-order valence-electron chi connectivity index (χ1n) is 8.81. The molecule has 0 saturated heterocycles. The van der Waals surface area contributed by atoms with Crippen molar-refractivity contribution in [1.82, 2.24) is 25.1 Å². The molecule has 33 heavy (non-hydrogen) atoms. The summed E-state index contributed by atoms with van der Waals surface area (Å²) in [5.41, 5.74) is -5.97. The predicted molar refractivity (Wildman–Crippen MR) is 112 cm³/mol. The molecule has 0 saturated carbocycles. The van der Waals surface area contributed by atoms with E-state index >= 15 is 0 Å². The summed E-state index contributed by atoms with van der Waals surface area (Å²) in [6, 6.07) is 3.30. The maximum atomic E-state index is 12.9. The Kier molecular flexibility index (Phi) is 6.63. The van der Waals surface area contributed by atoms with Gasteiger partial charge in [0, 0.05) is 17.6 Å². The zero-order chi connectivity index (χ0) is 24.6. The minimum atomic E-state index is -5.71. The number of rotatable bonds is 6. The molecule has 0 unspecified atom stereocenters. The number of thiazole rings is 1. The summed E-state index contributed by atoms with van der Waals surface area (Å²) in [4.78, 5) is 20.2. The highest BCUT2D eigenvalue weighted by atomic mass is 35.5. The molecule has 2 N–H and O–H groups in total. The number of nitrogens with one attached hydrogen (secondary N) is 2. The van der Waals surface area contributed by atoms with E-state index < -0.39 is 37.8 Å². The second-order valence-corrected chi connectivity index (χ2v) is 9.78. The summed E-state index contributed by atoms with van der Waals surface area (Å²) in [6.07, 6.45) is 1.34. The third kappa shape index (κ3) is 4.92. The molecule has 1 atom stereocenters. The maximum absolute atomic E-state index is 12.9. The number of aromatic nitrogens is 4. The van der Waals surface area contributed by atoms with E-state index in [9.17, 15) is 26.4 Å². The summed E-state index contributed by atoms with van der Waals surface area (Å²) < 4.78 is 63.4. The number of carbonyl (C=O) groups is 1. The molecule has 0 bridgehead atoms. The van der Waals surface area contributed by atoms with Crippen molar-refractivity contribution in [3.63, 3.8) is 0 Å². The minimum Gasteiger partial charge on any atom is -0.356 e. The van der Waals surface area contributed by atoms with Crippen molar-refractivity contribution in [1.29, 1.82) is 5.26 Å². The van der Waals surface area contributed by atoms with Crippen molar-refractivity contribution in [3.8, 4) is 11.2 Å². The van der Waals surface area contributed by atoms with Gasteiger partial charge in [-0.15, -0.1) is 5.10 Å². The van der Waals surface area contributed by atoms with Crippen molar-refractivity contribution < 1.29 is 26.4 Å². The normalized spacial score (nSPS) is 12.8. The maximum Gasteiger partial charge on any atom is 0.501 e. The van der Waals surface area contributed by atoms with Crippen molar-refractivity contribution in [2.45, 2.75) is 23.4 Å². The van der Waals surface area contributed by atoms with Crippen molar-refractivity contribution in [2.24, 2.45) is 0 Å². The number of benzene rings is 1. The Hall–Kier alpha value is -3.22. The SMILES string of the molecule is CNc1nc([C@H](C)NC(=O)c2cc(Cl)cc(S(=O)(=O)C(F)(F)F)c2)n(-c2ncc(C#N)s2)n1. The van der Waals surface area contributed by atoms with E-state index in [-0.39, 0.29) is 21.9 Å². The first kappa shape index (κ1) is 24.4. The molecular formula is C17H13ClF3N7O3S2. The number of nitrogens with zero attached hydrogens (tertiary/aromatic N) is 5. The molecule has 10 nitrogen and oxygen atoms in total. The third-order valence-electron chi connectivity index (χ3n) is 4.12. The summed E-state index contributed by atoms with van der Waals surface area (Å²) in [7, 11) is -4.15. The Bertz CT molecular complexity index is 1360. The lowest BCUT2D eigenvalue weighted by molar-refractivity contribution is -0.0436. The minimum absolute atomic E-state index is 0.182. The van der Waals surface area contributed by atoms with Crippen LogP contribution in [0.1, 0.15) is 34.0 Å². The molecule has 0 radical (unpaired) electrons. The molecule has 3 rings (SSSR count). The molecule has 174 valence electrons. The first-order chi connectivity index (χ1) is 15.4. The Labute approximate surface area is 194 Å². The fraction of sp³-hybridized carbons (Fsp3) is 0.235. The van der Waals surface area contributed by atoms with Crippen LogP contribution in [0.2, 0.25) is 5.02 Å². The molecule has 2 heterocycles. The van der Waals surface area contributed by atoms with Crippen molar-refractivity contribution in [3.05, 3.63) is 45.7 Å². The topological polar surface area (TPSA) is 143 Å². The molecule has 1 aromatic carbocycles. The Morgan fingerprint density at radius 2 is 2.03 bits per heavy atom. The van der Waals surface area contributed by atoms with Crippen LogP contribution >= 0.6 is 22.9 Å². The van der Waals surface area contributed by atoms with E-state index in [2.05, 4.69) is 25.7 Å². The van der Waals surface area contributed by atoms with Gasteiger partial charge in [-0.05, 0) is 25.1 Å². The number of sulfone groups is 1. The monoisotopic (exact) mass is 519 g/mol. The smallest absolute Gasteiger partial charge is 0.356 e. The number of carbonyl (C=O) groups excluding carboxylic acids is 1. The van der Waals surface area contributed by atoms with E-state index in [1.54, 1.807) is 7.05 Å². The molecule has 0 fully saturated rings. The molecule has 1 amide bonds. The van der Waals surface area contributed by atoms with Crippen LogP contribution in [0.5, 0.6) is 0 Å². The zero-order valence-corrected chi connectivity index (χ0v) is 19.1. The van der Waals surface area contributed by atoms with Gasteiger partial charge in [0.25, 0.3) is 15.7 Å². The first-order valence-corrected chi connectivity index (χ1v) is 11.5. The molecule has 0 aliphatic carbocycles. The fourth-order valence-electron chi connectivity index (χ4n) is 2.59. The molecule has 2 aromatic heterocycles. The summed E-state index contributed by atoms with van der Waals surface area (Å²) in [5, 5.41) is 18.4. The average molecular weight is 520 g/mol. The van der Waals surface area contributed by atoms with Gasteiger partial charge in [-0.1, -0.05) is 22.9 Å². The number of alkyl halides is 3. The summed E-state index contributed by atoms with van der Waals surface area (Å²) in [6.45, 7) is 1.52. The highest BCUT2D eigenvalue weighted by molar-refractivity contribution is 7.92. The summed E-state index contributed by atoms with van der Waals surface area (Å²) >= 11 is 6.79. The van der Waals surface area contributed by atoms with Gasteiger partial charge in [-0.3, -0.25) is 4.79 Å². The van der Waals surface area contributed by atoms with Gasteiger partial charge >= 0.3 is 5.51 Å². The van der Waals surface area contributed by atoms with E-state index in [1.165, 1.54) is 17.8 Å². The van der Waals surface area contributed by atoms with Crippen LogP contribution in [0.15, 0.2) is 29.3 Å². The lowest BCUT2D eigenvalue weighted by atomic mass is 10.2. The van der Waals surface area contributed by atoms with Crippen LogP contribution in [-0.2, 0) is 9.84 Å². The van der Waals surface area contributed by atoms with Crippen LogP contribution in [0.4, 0.5) is 19.1 Å². The van der Waals surface area contributed by atoms with Crippen LogP contribution in [-0.4, -0.2) is 46.6 Å². The highest BCUT2D eigenvalue weighted by Gasteiger charge is 2.47. The number of nitriles is 1. The molecule has 16 heteroatoms. The molecule has 0 spiro atoms. The lowest BCUT2D eigenvalue weighted by Gasteiger charge is -2.15. The van der Waals surface area contributed by atoms with Crippen LogP contribution in [0.25, 0.3) is 5.13 Å². The van der Waals surface area contributed by atoms with Crippen LogP contribution in [0.3, 0.4) is 0 Å². The molecular weight excluding hydrogens is 507 g/mol. The molecule has 0 aliphatic rings. The average Bonchev–Trinajstić information content (AvgIpc) is 3.39. The van der Waals surface area contributed by atoms with E-state index in [0.29, 0.717) is 17.0 Å². The van der Waals surface area contributed by atoms with E-state index in [0.717, 1.165) is 17.4 Å². The number of hydrogen-bond donors (Lipinski definition) is 2. The van der Waals surface area contributed by atoms with E-state index in [4.69, 9.17) is 16.9 Å². The Morgan fingerprint density at radius 3 is 2.61 bits per heavy atom. The zero-order valence-electron chi connectivity index (χ0n) is 16.7. The molecule has 0 aliphatic heterocycles. The van der Waals surface area contributed by atoms with Gasteiger partial charge in [-0.2, -0.15) is 28.1 Å². The number of halogens is 4. The van der Waals surface area contributed by atoms with Gasteiger partial charge < -0.3 is 10.6 Å². The second-order valence-electron chi connectivity index (χ2n) is 6.39. The van der Waals surface area contributed by atoms with Gasteiger partial charge in [-0.25, -0.2) is 13.4 Å². The van der Waals surface area contributed by atoms with Gasteiger partial charge in [0.15, 0.2) is 5.82 Å². The van der Waals surface area contributed by atoms with Gasteiger partial charge in [0.1, 0.15) is 10.9 Å². The Balaban J connectivity index is 1.94. The predicted octanol–water partition coefficient (Wildman–Crippen LogP) is 3.08. The number of amides is 1. The highest BCUT2D eigenvalue weighted by Crippen LogP contribution is 2.32. The van der Waals surface area contributed by atoms with Crippen molar-refractivity contribution in [2.75, 3.05) is 12.4 Å². The van der Waals surface area contributed by atoms with Crippen LogP contribution < -0.4 is 10.6 Å². The number of hydrogen-bond acceptors (Lipinski definition) is 9. The summed E-state index contributed by atoms with van der Waals surface area (Å²) in [5.74, 6) is -0.529. The largest absolute Gasteiger partial charge is 0.501 e. The third-order valence-corrected chi connectivity index (χ3v) is 6.69. The number of anilines is 1. The Morgan fingerprint density at radius 1 is 1.33 bits per heavy atom. The van der Waals surface area contributed by atoms with Gasteiger partial charge in [0.2, 0.25) is 11.1 Å². The second kappa shape index (κ2) is 8.96. The quantitative estimate of drug-likeness (QED) is 0.506. The fourth-order valence-corrected chi connectivity index (χ4v) is 4.40. The lowest BCUT2D eigenvalue weighted by Crippen LogP contribution is -2.29.